The molecule has 14 heavy (non-hydrogen) atoms. The molecule has 0 bridgehead atoms. The topological polar surface area (TPSA) is 15.3 Å². The van der Waals surface area contributed by atoms with Gasteiger partial charge in [0, 0.05) is 6.04 Å². The van der Waals surface area contributed by atoms with Crippen molar-refractivity contribution in [1.82, 2.24) is 10.2 Å². The van der Waals surface area contributed by atoms with E-state index in [0.29, 0.717) is 6.04 Å². The van der Waals surface area contributed by atoms with Crippen LogP contribution in [0, 0.1) is 5.92 Å². The highest BCUT2D eigenvalue weighted by molar-refractivity contribution is 4.69. The van der Waals surface area contributed by atoms with E-state index in [1.165, 1.54) is 45.3 Å². The molecule has 84 valence electrons. The minimum atomic E-state index is 0.694. The first kappa shape index (κ1) is 12.0. The Morgan fingerprint density at radius 1 is 1.43 bits per heavy atom. The average molecular weight is 198 g/mol. The Kier molecular flexibility index (Phi) is 5.49. The van der Waals surface area contributed by atoms with E-state index in [-0.39, 0.29) is 0 Å². The Morgan fingerprint density at radius 3 is 2.79 bits per heavy atom. The van der Waals surface area contributed by atoms with E-state index in [1.807, 2.05) is 0 Å². The summed E-state index contributed by atoms with van der Waals surface area (Å²) in [6.07, 6.45) is 5.59. The van der Waals surface area contributed by atoms with Crippen molar-refractivity contribution in [2.75, 3.05) is 26.7 Å². The number of nitrogens with one attached hydrogen (secondary N) is 1. The van der Waals surface area contributed by atoms with E-state index >= 15 is 0 Å². The summed E-state index contributed by atoms with van der Waals surface area (Å²) in [5.41, 5.74) is 0. The maximum atomic E-state index is 3.48. The normalized spacial score (nSPS) is 23.4. The quantitative estimate of drug-likeness (QED) is 0.728. The van der Waals surface area contributed by atoms with Gasteiger partial charge in [0.05, 0.1) is 0 Å². The van der Waals surface area contributed by atoms with Crippen LogP contribution in [0.5, 0.6) is 0 Å². The number of nitrogens with zero attached hydrogens (tertiary/aromatic N) is 1. The van der Waals surface area contributed by atoms with Gasteiger partial charge in [0.2, 0.25) is 0 Å². The molecule has 0 radical (unpaired) electrons. The van der Waals surface area contributed by atoms with Gasteiger partial charge in [-0.05, 0) is 72.1 Å². The fraction of sp³-hybridized carbons (Fsp3) is 1.00. The molecule has 1 rings (SSSR count). The van der Waals surface area contributed by atoms with Gasteiger partial charge in [0.15, 0.2) is 0 Å². The Hall–Kier alpha value is -0.0800. The maximum absolute atomic E-state index is 3.48. The smallest absolute Gasteiger partial charge is 0.00355 e. The molecule has 0 spiro atoms. The molecule has 1 saturated heterocycles. The predicted molar refractivity (Wildman–Crippen MR) is 62.6 cm³/mol. The van der Waals surface area contributed by atoms with Crippen molar-refractivity contribution in [2.45, 2.75) is 45.6 Å². The monoisotopic (exact) mass is 198 g/mol. The van der Waals surface area contributed by atoms with Crippen LogP contribution >= 0.6 is 0 Å². The van der Waals surface area contributed by atoms with Gasteiger partial charge in [-0.3, -0.25) is 0 Å². The van der Waals surface area contributed by atoms with E-state index in [1.54, 1.807) is 0 Å². The molecule has 2 heteroatoms. The summed E-state index contributed by atoms with van der Waals surface area (Å²) in [6, 6.07) is 0.694. The minimum absolute atomic E-state index is 0.694. The number of piperidine rings is 1. The second-order valence-electron chi connectivity index (χ2n) is 4.93. The highest BCUT2D eigenvalue weighted by Gasteiger charge is 2.12. The molecule has 1 aliphatic heterocycles. The molecule has 1 aliphatic rings. The van der Waals surface area contributed by atoms with Crippen LogP contribution in [0.3, 0.4) is 0 Å². The van der Waals surface area contributed by atoms with Gasteiger partial charge in [0.25, 0.3) is 0 Å². The summed E-state index contributed by atoms with van der Waals surface area (Å²) in [5, 5.41) is 3.48. The molecule has 0 aromatic rings. The zero-order valence-electron chi connectivity index (χ0n) is 10.1. The summed E-state index contributed by atoms with van der Waals surface area (Å²) >= 11 is 0. The Balaban J connectivity index is 2.02. The fourth-order valence-corrected chi connectivity index (χ4v) is 2.06. The first-order valence-corrected chi connectivity index (χ1v) is 6.11. The summed E-state index contributed by atoms with van der Waals surface area (Å²) in [6.45, 7) is 8.28. The second-order valence-corrected chi connectivity index (χ2v) is 4.93. The van der Waals surface area contributed by atoms with Crippen LogP contribution in [0.2, 0.25) is 0 Å². The van der Waals surface area contributed by atoms with Crippen molar-refractivity contribution >= 4 is 0 Å². The van der Waals surface area contributed by atoms with Gasteiger partial charge in [-0.25, -0.2) is 0 Å². The molecule has 0 aromatic carbocycles. The van der Waals surface area contributed by atoms with Crippen LogP contribution in [0.4, 0.5) is 0 Å². The van der Waals surface area contributed by atoms with E-state index in [0.717, 1.165) is 5.92 Å². The van der Waals surface area contributed by atoms with Crippen molar-refractivity contribution in [3.63, 3.8) is 0 Å². The highest BCUT2D eigenvalue weighted by Crippen LogP contribution is 2.16. The van der Waals surface area contributed by atoms with Crippen LogP contribution in [0.25, 0.3) is 0 Å². The van der Waals surface area contributed by atoms with Gasteiger partial charge < -0.3 is 10.2 Å². The lowest BCUT2D eigenvalue weighted by Crippen LogP contribution is -2.31. The van der Waals surface area contributed by atoms with Crippen LogP contribution < -0.4 is 5.32 Å². The van der Waals surface area contributed by atoms with Crippen molar-refractivity contribution in [2.24, 2.45) is 5.92 Å². The fourth-order valence-electron chi connectivity index (χ4n) is 2.06. The SMILES string of the molecule is CC(C)N(C)CCCC1CCCNC1. The maximum Gasteiger partial charge on any atom is 0.00355 e. The molecule has 1 heterocycles. The zero-order chi connectivity index (χ0) is 10.4. The first-order valence-electron chi connectivity index (χ1n) is 6.11. The molecular weight excluding hydrogens is 172 g/mol. The summed E-state index contributed by atoms with van der Waals surface area (Å²) in [5.74, 6) is 0.948. The van der Waals surface area contributed by atoms with Crippen molar-refractivity contribution < 1.29 is 0 Å². The highest BCUT2D eigenvalue weighted by atomic mass is 15.1. The molecule has 0 saturated carbocycles. The lowest BCUT2D eigenvalue weighted by atomic mass is 9.94. The minimum Gasteiger partial charge on any atom is -0.316 e. The van der Waals surface area contributed by atoms with E-state index in [4.69, 9.17) is 0 Å². The van der Waals surface area contributed by atoms with Crippen molar-refractivity contribution in [3.05, 3.63) is 0 Å². The van der Waals surface area contributed by atoms with Gasteiger partial charge in [-0.2, -0.15) is 0 Å². The molecule has 0 aromatic heterocycles. The van der Waals surface area contributed by atoms with Crippen LogP contribution in [-0.4, -0.2) is 37.6 Å². The van der Waals surface area contributed by atoms with Crippen LogP contribution in [-0.2, 0) is 0 Å². The van der Waals surface area contributed by atoms with E-state index < -0.39 is 0 Å². The first-order chi connectivity index (χ1) is 6.70. The molecule has 1 atom stereocenters. The average Bonchev–Trinajstić information content (AvgIpc) is 2.19. The Morgan fingerprint density at radius 2 is 2.21 bits per heavy atom. The van der Waals surface area contributed by atoms with Gasteiger partial charge in [0.1, 0.15) is 0 Å². The van der Waals surface area contributed by atoms with Crippen molar-refractivity contribution in [3.8, 4) is 0 Å². The van der Waals surface area contributed by atoms with Gasteiger partial charge >= 0.3 is 0 Å². The molecule has 1 N–H and O–H groups in total. The van der Waals surface area contributed by atoms with E-state index in [2.05, 4.69) is 31.1 Å². The molecule has 2 nitrogen and oxygen atoms in total. The molecule has 0 amide bonds. The van der Waals surface area contributed by atoms with Gasteiger partial charge in [-0.15, -0.1) is 0 Å². The van der Waals surface area contributed by atoms with Crippen LogP contribution in [0.1, 0.15) is 39.5 Å². The summed E-state index contributed by atoms with van der Waals surface area (Å²) in [4.78, 5) is 2.44. The van der Waals surface area contributed by atoms with Gasteiger partial charge in [-0.1, -0.05) is 0 Å². The summed E-state index contributed by atoms with van der Waals surface area (Å²) in [7, 11) is 2.23. The molecule has 1 unspecified atom stereocenters. The Labute approximate surface area is 89.1 Å². The third-order valence-corrected chi connectivity index (χ3v) is 3.40. The zero-order valence-corrected chi connectivity index (χ0v) is 10.1. The largest absolute Gasteiger partial charge is 0.316 e. The second kappa shape index (κ2) is 6.41. The number of hydrogen-bond acceptors (Lipinski definition) is 2. The third-order valence-electron chi connectivity index (χ3n) is 3.40. The lowest BCUT2D eigenvalue weighted by molar-refractivity contribution is 0.252. The summed E-state index contributed by atoms with van der Waals surface area (Å²) < 4.78 is 0. The van der Waals surface area contributed by atoms with E-state index in [9.17, 15) is 0 Å². The van der Waals surface area contributed by atoms with Crippen LogP contribution in [0.15, 0.2) is 0 Å². The molecule has 1 fully saturated rings. The lowest BCUT2D eigenvalue weighted by Gasteiger charge is -2.25. The molecule has 0 aliphatic carbocycles. The standard InChI is InChI=1S/C12H26N2/c1-11(2)14(3)9-5-7-12-6-4-8-13-10-12/h11-13H,4-10H2,1-3H3. The Bertz CT molecular complexity index is 139. The predicted octanol–water partition coefficient (Wildman–Crippen LogP) is 2.11. The third kappa shape index (κ3) is 4.43. The molecular formula is C12H26N2. The number of rotatable bonds is 5. The van der Waals surface area contributed by atoms with Crippen molar-refractivity contribution in [1.29, 1.82) is 0 Å². The number of hydrogen-bond donors (Lipinski definition) is 1.